The van der Waals surface area contributed by atoms with Crippen LogP contribution in [0.3, 0.4) is 0 Å². The van der Waals surface area contributed by atoms with Gasteiger partial charge in [0.2, 0.25) is 0 Å². The van der Waals surface area contributed by atoms with E-state index < -0.39 is 0 Å². The summed E-state index contributed by atoms with van der Waals surface area (Å²) in [7, 11) is 4.21. The number of Topliss-reactive ketones (excluding diaryl/α,β-unsaturated/α-hetero) is 1. The molecule has 1 aromatic carbocycles. The van der Waals surface area contributed by atoms with E-state index in [1.54, 1.807) is 6.92 Å². The summed E-state index contributed by atoms with van der Waals surface area (Å²) in [6.45, 7) is 8.45. The molecule has 1 fully saturated rings. The quantitative estimate of drug-likeness (QED) is 0.281. The number of nitrogens with one attached hydrogen (secondary N) is 1. The average Bonchev–Trinajstić information content (AvgIpc) is 3.54. The van der Waals surface area contributed by atoms with Gasteiger partial charge in [-0.15, -0.1) is 11.3 Å². The summed E-state index contributed by atoms with van der Waals surface area (Å²) in [4.78, 5) is 32.7. The van der Waals surface area contributed by atoms with Crippen LogP contribution in [-0.2, 0) is 11.3 Å². The van der Waals surface area contributed by atoms with Gasteiger partial charge in [-0.25, -0.2) is 15.0 Å². The summed E-state index contributed by atoms with van der Waals surface area (Å²) in [5, 5.41) is 4.63. The molecule has 1 aliphatic heterocycles. The smallest absolute Gasteiger partial charge is 0.138 e. The van der Waals surface area contributed by atoms with Crippen LogP contribution in [-0.4, -0.2) is 52.8 Å². The predicted octanol–water partition coefficient (Wildman–Crippen LogP) is 6.10. The topological polar surface area (TPSA) is 74.2 Å². The van der Waals surface area contributed by atoms with E-state index in [9.17, 15) is 4.79 Å². The number of anilines is 2. The molecule has 0 aliphatic carbocycles. The number of thiophene rings is 1. The molecule has 1 N–H and O–H groups in total. The first-order valence-electron chi connectivity index (χ1n) is 13.2. The second-order valence-corrected chi connectivity index (χ2v) is 11.8. The van der Waals surface area contributed by atoms with Gasteiger partial charge >= 0.3 is 0 Å². The van der Waals surface area contributed by atoms with Gasteiger partial charge in [0.25, 0.3) is 0 Å². The number of hydrogen-bond acceptors (Lipinski definition) is 8. The van der Waals surface area contributed by atoms with Crippen LogP contribution in [0.15, 0.2) is 48.7 Å². The van der Waals surface area contributed by atoms with Crippen molar-refractivity contribution in [2.45, 2.75) is 46.2 Å². The Morgan fingerprint density at radius 1 is 1.21 bits per heavy atom. The van der Waals surface area contributed by atoms with Crippen molar-refractivity contribution in [3.05, 3.63) is 64.9 Å². The Morgan fingerprint density at radius 2 is 2.03 bits per heavy atom. The Bertz CT molecular complexity index is 1450. The highest BCUT2D eigenvalue weighted by atomic mass is 32.1. The molecule has 0 spiro atoms. The number of pyridine rings is 1. The largest absolute Gasteiger partial charge is 0.362 e. The summed E-state index contributed by atoms with van der Waals surface area (Å²) in [6.07, 6.45) is 3.50. The van der Waals surface area contributed by atoms with Crippen molar-refractivity contribution in [3.8, 4) is 10.4 Å². The van der Waals surface area contributed by atoms with Crippen molar-refractivity contribution in [2.24, 2.45) is 5.92 Å². The van der Waals surface area contributed by atoms with E-state index in [1.807, 2.05) is 24.5 Å². The van der Waals surface area contributed by atoms with Gasteiger partial charge in [-0.1, -0.05) is 24.3 Å². The van der Waals surface area contributed by atoms with Crippen LogP contribution in [0.5, 0.6) is 0 Å². The lowest BCUT2D eigenvalue weighted by molar-refractivity contribution is -0.117. The molecule has 1 unspecified atom stereocenters. The van der Waals surface area contributed by atoms with Crippen molar-refractivity contribution < 1.29 is 4.79 Å². The van der Waals surface area contributed by atoms with Crippen molar-refractivity contribution in [2.75, 3.05) is 37.4 Å². The van der Waals surface area contributed by atoms with E-state index in [4.69, 9.17) is 9.97 Å². The van der Waals surface area contributed by atoms with Crippen molar-refractivity contribution in [1.29, 1.82) is 0 Å². The maximum absolute atomic E-state index is 11.6. The molecule has 3 aromatic heterocycles. The third-order valence-electron chi connectivity index (χ3n) is 7.04. The number of hydrogen-bond donors (Lipinski definition) is 1. The Kier molecular flexibility index (Phi) is 7.72. The van der Waals surface area contributed by atoms with Crippen LogP contribution in [0.25, 0.3) is 21.3 Å². The number of benzene rings is 1. The van der Waals surface area contributed by atoms with Crippen LogP contribution in [0.4, 0.5) is 11.6 Å². The predicted molar refractivity (Wildman–Crippen MR) is 157 cm³/mol. The first kappa shape index (κ1) is 26.3. The van der Waals surface area contributed by atoms with Crippen LogP contribution in [0.1, 0.15) is 49.0 Å². The van der Waals surface area contributed by atoms with Crippen LogP contribution in [0, 0.1) is 12.8 Å². The summed E-state index contributed by atoms with van der Waals surface area (Å²) >= 11 is 1.82. The van der Waals surface area contributed by atoms with Gasteiger partial charge in [0.15, 0.2) is 0 Å². The number of carbonyl (C=O) groups is 1. The zero-order valence-electron chi connectivity index (χ0n) is 22.9. The number of rotatable bonds is 9. The van der Waals surface area contributed by atoms with Gasteiger partial charge in [-0.2, -0.15) is 0 Å². The number of carbonyl (C=O) groups excluding carboxylic acids is 1. The van der Waals surface area contributed by atoms with Gasteiger partial charge in [0.1, 0.15) is 23.2 Å². The highest BCUT2D eigenvalue weighted by Crippen LogP contribution is 2.36. The Morgan fingerprint density at radius 3 is 2.82 bits per heavy atom. The van der Waals surface area contributed by atoms with Crippen LogP contribution >= 0.6 is 11.3 Å². The maximum Gasteiger partial charge on any atom is 0.138 e. The Labute approximate surface area is 228 Å². The van der Waals surface area contributed by atoms with Crippen LogP contribution in [0.2, 0.25) is 0 Å². The molecule has 2 atom stereocenters. The van der Waals surface area contributed by atoms with E-state index >= 15 is 0 Å². The molecule has 7 nitrogen and oxygen atoms in total. The standard InChI is InChI=1S/C30H36N6OS/c1-19(37)14-22-12-13-36(17-22)29-15-25-26(16-31-29)33-21(3)34-30(25)32-20(2)27-10-11-28(38-27)24-9-7-6-8-23(24)18-35(4)5/h6-11,15-16,20,22H,12-14,17-18H2,1-5H3,(H,32,33,34)/t20?,22-/m0/s1. The second-order valence-electron chi connectivity index (χ2n) is 10.6. The van der Waals surface area contributed by atoms with Crippen molar-refractivity contribution >= 4 is 39.7 Å². The molecule has 1 saturated heterocycles. The molecule has 1 aliphatic rings. The fraction of sp³-hybridized carbons (Fsp3) is 0.400. The third kappa shape index (κ3) is 5.87. The zero-order valence-corrected chi connectivity index (χ0v) is 23.7. The molecular formula is C30H36N6OS. The number of ketones is 1. The molecule has 4 aromatic rings. The van der Waals surface area contributed by atoms with E-state index in [0.29, 0.717) is 18.2 Å². The molecule has 38 heavy (non-hydrogen) atoms. The number of aromatic nitrogens is 3. The highest BCUT2D eigenvalue weighted by molar-refractivity contribution is 7.15. The van der Waals surface area contributed by atoms with Crippen molar-refractivity contribution in [3.63, 3.8) is 0 Å². The second kappa shape index (κ2) is 11.2. The van der Waals surface area contributed by atoms with E-state index in [-0.39, 0.29) is 11.8 Å². The molecule has 0 bridgehead atoms. The molecule has 0 saturated carbocycles. The highest BCUT2D eigenvalue weighted by Gasteiger charge is 2.25. The molecular weight excluding hydrogens is 492 g/mol. The third-order valence-corrected chi connectivity index (χ3v) is 8.34. The number of nitrogens with zero attached hydrogens (tertiary/aromatic N) is 5. The summed E-state index contributed by atoms with van der Waals surface area (Å²) in [5.74, 6) is 3.11. The van der Waals surface area contributed by atoms with Gasteiger partial charge in [-0.05, 0) is 76.5 Å². The molecule has 5 rings (SSSR count). The van der Waals surface area contributed by atoms with Gasteiger partial charge < -0.3 is 19.9 Å². The van der Waals surface area contributed by atoms with Gasteiger partial charge in [0.05, 0.1) is 17.8 Å². The fourth-order valence-electron chi connectivity index (χ4n) is 5.28. The van der Waals surface area contributed by atoms with Gasteiger partial charge in [-0.3, -0.25) is 0 Å². The van der Waals surface area contributed by atoms with E-state index in [0.717, 1.165) is 48.6 Å². The molecule has 0 amide bonds. The summed E-state index contributed by atoms with van der Waals surface area (Å²) in [5.41, 5.74) is 3.45. The monoisotopic (exact) mass is 528 g/mol. The summed E-state index contributed by atoms with van der Waals surface area (Å²) in [6, 6.07) is 15.3. The number of fused-ring (bicyclic) bond motifs is 1. The van der Waals surface area contributed by atoms with Gasteiger partial charge in [0, 0.05) is 41.2 Å². The van der Waals surface area contributed by atoms with Crippen molar-refractivity contribution in [1.82, 2.24) is 19.9 Å². The maximum atomic E-state index is 11.6. The minimum atomic E-state index is 0.0793. The molecule has 198 valence electrons. The summed E-state index contributed by atoms with van der Waals surface area (Å²) < 4.78 is 0. The Balaban J connectivity index is 1.39. The lowest BCUT2D eigenvalue weighted by atomic mass is 10.0. The zero-order chi connectivity index (χ0) is 26.8. The molecule has 4 heterocycles. The SMILES string of the molecule is CC(=O)C[C@@H]1CCN(c2cc3c(NC(C)c4ccc(-c5ccccc5CN(C)C)s4)nc(C)nc3cn2)C1. The fourth-order valence-corrected chi connectivity index (χ4v) is 6.35. The first-order chi connectivity index (χ1) is 18.3. The normalized spacial score (nSPS) is 16.4. The van der Waals surface area contributed by atoms with E-state index in [1.165, 1.54) is 20.9 Å². The lowest BCUT2D eigenvalue weighted by Gasteiger charge is -2.19. The Hall–Kier alpha value is -3.36. The molecule has 0 radical (unpaired) electrons. The number of aryl methyl sites for hydroxylation is 1. The van der Waals surface area contributed by atoms with Crippen LogP contribution < -0.4 is 10.2 Å². The minimum absolute atomic E-state index is 0.0793. The van der Waals surface area contributed by atoms with E-state index in [2.05, 4.69) is 83.6 Å². The average molecular weight is 529 g/mol. The minimum Gasteiger partial charge on any atom is -0.362 e. The first-order valence-corrected chi connectivity index (χ1v) is 14.1. The molecule has 8 heteroatoms. The lowest BCUT2D eigenvalue weighted by Crippen LogP contribution is -2.21.